The highest BCUT2D eigenvalue weighted by Crippen LogP contribution is 2.46. The van der Waals surface area contributed by atoms with Crippen molar-refractivity contribution in [3.05, 3.63) is 64.5 Å². The van der Waals surface area contributed by atoms with Gasteiger partial charge in [0.2, 0.25) is 10.0 Å². The number of hydrogen-bond donors (Lipinski definition) is 1. The third-order valence-corrected chi connectivity index (χ3v) is 12.3. The Morgan fingerprint density at radius 1 is 1.02 bits per heavy atom. The van der Waals surface area contributed by atoms with Gasteiger partial charge in [-0.25, -0.2) is 13.4 Å². The first-order valence-electron chi connectivity index (χ1n) is 15.1. The average molecular weight is 653 g/mol. The van der Waals surface area contributed by atoms with Gasteiger partial charge in [0, 0.05) is 42.2 Å². The van der Waals surface area contributed by atoms with Crippen molar-refractivity contribution in [3.63, 3.8) is 0 Å². The number of rotatable bonds is 9. The van der Waals surface area contributed by atoms with Crippen molar-refractivity contribution in [2.45, 2.75) is 51.0 Å². The second kappa shape index (κ2) is 13.1. The van der Waals surface area contributed by atoms with Crippen LogP contribution in [0.1, 0.15) is 53.9 Å². The highest BCUT2D eigenvalue weighted by atomic mass is 32.2. The number of sulfonamides is 1. The number of hydrogen-bond acceptors (Lipinski definition) is 9. The number of nitrogens with one attached hydrogen (secondary N) is 1. The number of benzene rings is 2. The smallest absolute Gasteiger partial charge is 0.309 e. The van der Waals surface area contributed by atoms with E-state index in [0.717, 1.165) is 58.3 Å². The molecule has 2 aliphatic rings. The monoisotopic (exact) mass is 652 g/mol. The number of fused-ring (bicyclic) bond motifs is 2. The third-order valence-electron chi connectivity index (χ3n) is 8.24. The first kappa shape index (κ1) is 30.8. The van der Waals surface area contributed by atoms with Gasteiger partial charge in [-0.2, -0.15) is 4.31 Å². The predicted octanol–water partition coefficient (Wildman–Crippen LogP) is 6.01. The van der Waals surface area contributed by atoms with Crippen LogP contribution in [0.15, 0.2) is 53.4 Å². The molecule has 0 unspecified atom stereocenters. The second-order valence-electron chi connectivity index (χ2n) is 11.1. The minimum Gasteiger partial charge on any atom is -0.466 e. The van der Waals surface area contributed by atoms with Gasteiger partial charge in [0.05, 0.1) is 27.6 Å². The molecule has 2 aliphatic heterocycles. The van der Waals surface area contributed by atoms with Gasteiger partial charge in [-0.3, -0.25) is 14.5 Å². The Morgan fingerprint density at radius 3 is 2.48 bits per heavy atom. The van der Waals surface area contributed by atoms with E-state index in [1.807, 2.05) is 18.2 Å². The highest BCUT2D eigenvalue weighted by molar-refractivity contribution is 7.89. The van der Waals surface area contributed by atoms with Crippen molar-refractivity contribution in [2.24, 2.45) is 5.92 Å². The zero-order valence-corrected chi connectivity index (χ0v) is 27.3. The van der Waals surface area contributed by atoms with E-state index in [-0.39, 0.29) is 35.8 Å². The lowest BCUT2D eigenvalue weighted by atomic mass is 9.98. The van der Waals surface area contributed by atoms with Gasteiger partial charge in [-0.15, -0.1) is 22.7 Å². The molecule has 6 rings (SSSR count). The Balaban J connectivity index is 1.21. The maximum Gasteiger partial charge on any atom is 0.309 e. The van der Waals surface area contributed by atoms with Crippen molar-refractivity contribution in [3.8, 4) is 10.6 Å². The first-order valence-corrected chi connectivity index (χ1v) is 18.2. The molecule has 9 nitrogen and oxygen atoms in total. The number of carbonyl (C=O) groups is 2. The number of thiophene rings is 1. The lowest BCUT2D eigenvalue weighted by Gasteiger charge is -2.30. The lowest BCUT2D eigenvalue weighted by molar-refractivity contribution is -0.149. The number of thiazole rings is 1. The molecule has 4 heterocycles. The number of nitrogens with zero attached hydrogens (tertiary/aromatic N) is 3. The van der Waals surface area contributed by atoms with Crippen molar-refractivity contribution in [1.29, 1.82) is 0 Å². The van der Waals surface area contributed by atoms with Gasteiger partial charge >= 0.3 is 5.97 Å². The summed E-state index contributed by atoms with van der Waals surface area (Å²) < 4.78 is 34.3. The summed E-state index contributed by atoms with van der Waals surface area (Å²) in [7, 11) is -3.75. The maximum absolute atomic E-state index is 13.5. The van der Waals surface area contributed by atoms with E-state index in [1.54, 1.807) is 41.7 Å². The fourth-order valence-electron chi connectivity index (χ4n) is 5.95. The van der Waals surface area contributed by atoms with Crippen LogP contribution in [0.4, 0.5) is 5.00 Å². The summed E-state index contributed by atoms with van der Waals surface area (Å²) in [6, 6.07) is 14.1. The molecule has 0 atom stereocenters. The zero-order chi connectivity index (χ0) is 30.8. The lowest BCUT2D eigenvalue weighted by Crippen LogP contribution is -2.40. The van der Waals surface area contributed by atoms with Crippen molar-refractivity contribution in [2.75, 3.05) is 38.1 Å². The van der Waals surface area contributed by atoms with E-state index >= 15 is 0 Å². The topological polar surface area (TPSA) is 109 Å². The van der Waals surface area contributed by atoms with Crippen LogP contribution in [0.2, 0.25) is 0 Å². The third kappa shape index (κ3) is 6.18. The molecule has 12 heteroatoms. The summed E-state index contributed by atoms with van der Waals surface area (Å²) in [6.07, 6.45) is 2.84. The summed E-state index contributed by atoms with van der Waals surface area (Å²) in [5, 5.41) is 4.82. The minimum absolute atomic E-state index is 0.126. The Hall–Kier alpha value is -3.16. The van der Waals surface area contributed by atoms with E-state index in [0.29, 0.717) is 25.0 Å². The van der Waals surface area contributed by atoms with Gasteiger partial charge in [0.15, 0.2) is 0 Å². The average Bonchev–Trinajstić information content (AvgIpc) is 3.62. The van der Waals surface area contributed by atoms with E-state index in [4.69, 9.17) is 9.72 Å². The number of esters is 1. The quantitative estimate of drug-likeness (QED) is 0.221. The summed E-state index contributed by atoms with van der Waals surface area (Å²) >= 11 is 3.24. The highest BCUT2D eigenvalue weighted by Gasteiger charge is 2.33. The molecule has 1 N–H and O–H groups in total. The van der Waals surface area contributed by atoms with E-state index in [2.05, 4.69) is 23.2 Å². The van der Waals surface area contributed by atoms with Crippen LogP contribution < -0.4 is 5.32 Å². The summed E-state index contributed by atoms with van der Waals surface area (Å²) in [5.74, 6) is -0.843. The van der Waals surface area contributed by atoms with Crippen LogP contribution in [0.3, 0.4) is 0 Å². The molecular formula is C32H36N4O5S3. The Morgan fingerprint density at radius 2 is 1.77 bits per heavy atom. The first-order chi connectivity index (χ1) is 21.3. The number of aromatic nitrogens is 1. The molecule has 0 saturated carbocycles. The summed E-state index contributed by atoms with van der Waals surface area (Å²) in [6.45, 7) is 7.62. The molecule has 0 bridgehead atoms. The van der Waals surface area contributed by atoms with Crippen LogP contribution in [-0.2, 0) is 32.5 Å². The van der Waals surface area contributed by atoms with Crippen LogP contribution in [0.5, 0.6) is 0 Å². The number of ether oxygens (including phenoxy) is 1. The van der Waals surface area contributed by atoms with Gasteiger partial charge in [-0.1, -0.05) is 19.1 Å². The van der Waals surface area contributed by atoms with Crippen molar-refractivity contribution >= 4 is 59.8 Å². The predicted molar refractivity (Wildman–Crippen MR) is 175 cm³/mol. The van der Waals surface area contributed by atoms with E-state index < -0.39 is 10.0 Å². The van der Waals surface area contributed by atoms with Crippen LogP contribution >= 0.6 is 22.7 Å². The standard InChI is InChI=1S/C32H36N4O5S3/c1-3-16-35-17-15-24-27(20-35)43-31(28(24)30-33-25-7-5-6-8-26(25)42-30)34-29(37)21-9-11-23(12-10-21)44(39,40)36-18-13-22(14-19-36)32(38)41-4-2/h5-12,22H,3-4,13-20H2,1-2H3,(H,34,37). The van der Waals surface area contributed by atoms with Crippen LogP contribution in [-0.4, -0.2) is 67.3 Å². The van der Waals surface area contributed by atoms with Gasteiger partial charge in [0.25, 0.3) is 5.91 Å². The van der Waals surface area contributed by atoms with Gasteiger partial charge in [-0.05, 0) is 81.1 Å². The maximum atomic E-state index is 13.5. The molecule has 1 amide bonds. The van der Waals surface area contributed by atoms with Crippen molar-refractivity contribution in [1.82, 2.24) is 14.2 Å². The number of carbonyl (C=O) groups excluding carboxylic acids is 2. The molecule has 44 heavy (non-hydrogen) atoms. The molecule has 1 saturated heterocycles. The van der Waals surface area contributed by atoms with Crippen molar-refractivity contribution < 1.29 is 22.7 Å². The molecule has 1 fully saturated rings. The molecule has 2 aromatic heterocycles. The van der Waals surface area contributed by atoms with E-state index in [1.165, 1.54) is 26.9 Å². The summed E-state index contributed by atoms with van der Waals surface area (Å²) in [5.41, 5.74) is 3.57. The van der Waals surface area contributed by atoms with Gasteiger partial charge in [0.1, 0.15) is 10.0 Å². The molecule has 0 radical (unpaired) electrons. The number of anilines is 1. The summed E-state index contributed by atoms with van der Waals surface area (Å²) in [4.78, 5) is 34.4. The van der Waals surface area contributed by atoms with Gasteiger partial charge < -0.3 is 10.1 Å². The molecule has 0 spiro atoms. The normalized spacial score (nSPS) is 16.6. The number of para-hydroxylation sites is 1. The molecule has 232 valence electrons. The fraction of sp³-hybridized carbons (Fsp3) is 0.406. The Labute approximate surface area is 265 Å². The second-order valence-corrected chi connectivity index (χ2v) is 15.2. The fourth-order valence-corrected chi connectivity index (χ4v) is 9.82. The number of piperidine rings is 1. The number of amides is 1. The Bertz CT molecular complexity index is 1740. The zero-order valence-electron chi connectivity index (χ0n) is 24.9. The minimum atomic E-state index is -3.75. The molecule has 0 aliphatic carbocycles. The largest absolute Gasteiger partial charge is 0.466 e. The SMILES string of the molecule is CCCN1CCc2c(sc(NC(=O)c3ccc(S(=O)(=O)N4CCC(C(=O)OCC)CC4)cc3)c2-c2nc3ccccc3s2)C1. The molecular weight excluding hydrogens is 617 g/mol. The molecule has 4 aromatic rings. The van der Waals surface area contributed by atoms with Crippen LogP contribution in [0, 0.1) is 5.92 Å². The van der Waals surface area contributed by atoms with Crippen LogP contribution in [0.25, 0.3) is 20.8 Å². The molecule has 2 aromatic carbocycles. The van der Waals surface area contributed by atoms with E-state index in [9.17, 15) is 18.0 Å². The Kier molecular flexibility index (Phi) is 9.16.